The zero-order valence-corrected chi connectivity index (χ0v) is 9.26. The van der Waals surface area contributed by atoms with Crippen molar-refractivity contribution in [2.75, 3.05) is 19.7 Å². The molecule has 94 valence electrons. The minimum Gasteiger partial charge on any atom is -0.375 e. The topological polar surface area (TPSA) is 21.3 Å². The highest BCUT2D eigenvalue weighted by atomic mass is 19.4. The molecule has 0 atom stereocenters. The lowest BCUT2D eigenvalue weighted by atomic mass is 10.0. The zero-order chi connectivity index (χ0) is 12.3. The lowest BCUT2D eigenvalue weighted by molar-refractivity contribution is -0.138. The summed E-state index contributed by atoms with van der Waals surface area (Å²) in [6, 6.07) is 5.64. The second kappa shape index (κ2) is 5.06. The van der Waals surface area contributed by atoms with Crippen molar-refractivity contribution in [1.82, 2.24) is 5.32 Å². The van der Waals surface area contributed by atoms with Crippen LogP contribution in [0.1, 0.15) is 11.1 Å². The predicted molar refractivity (Wildman–Crippen MR) is 57.8 cm³/mol. The quantitative estimate of drug-likeness (QED) is 0.878. The first kappa shape index (κ1) is 12.4. The average molecular weight is 245 g/mol. The Kier molecular flexibility index (Phi) is 3.69. The lowest BCUT2D eigenvalue weighted by Crippen LogP contribution is -2.48. The average Bonchev–Trinajstić information content (AvgIpc) is 2.21. The SMILES string of the molecule is FC(F)(F)c1ccccc1CCOC1CNC1. The van der Waals surface area contributed by atoms with E-state index < -0.39 is 11.7 Å². The van der Waals surface area contributed by atoms with E-state index in [1.165, 1.54) is 12.1 Å². The molecule has 1 aromatic carbocycles. The molecule has 0 spiro atoms. The number of alkyl halides is 3. The Morgan fingerprint density at radius 1 is 1.24 bits per heavy atom. The van der Waals surface area contributed by atoms with Crippen LogP contribution in [-0.4, -0.2) is 25.8 Å². The van der Waals surface area contributed by atoms with Gasteiger partial charge in [-0.1, -0.05) is 18.2 Å². The first-order chi connectivity index (χ1) is 8.07. The van der Waals surface area contributed by atoms with E-state index >= 15 is 0 Å². The summed E-state index contributed by atoms with van der Waals surface area (Å²) in [5.41, 5.74) is -0.261. The number of halogens is 3. The standard InChI is InChI=1S/C12H14F3NO/c13-12(14,15)11-4-2-1-3-9(11)5-6-17-10-7-16-8-10/h1-4,10,16H,5-8H2. The highest BCUT2D eigenvalue weighted by Crippen LogP contribution is 2.31. The van der Waals surface area contributed by atoms with Crippen molar-refractivity contribution >= 4 is 0 Å². The lowest BCUT2D eigenvalue weighted by Gasteiger charge is -2.27. The maximum Gasteiger partial charge on any atom is 0.416 e. The molecule has 1 aliphatic rings. The Bertz CT molecular complexity index is 374. The van der Waals surface area contributed by atoms with E-state index in [1.54, 1.807) is 6.07 Å². The van der Waals surface area contributed by atoms with Crippen molar-refractivity contribution in [3.8, 4) is 0 Å². The Morgan fingerprint density at radius 2 is 1.94 bits per heavy atom. The molecular formula is C12H14F3NO. The van der Waals surface area contributed by atoms with Crippen LogP contribution in [0.2, 0.25) is 0 Å². The molecule has 1 heterocycles. The van der Waals surface area contributed by atoms with Crippen LogP contribution >= 0.6 is 0 Å². The summed E-state index contributed by atoms with van der Waals surface area (Å²) >= 11 is 0. The van der Waals surface area contributed by atoms with Gasteiger partial charge < -0.3 is 10.1 Å². The molecular weight excluding hydrogens is 231 g/mol. The molecule has 1 N–H and O–H groups in total. The summed E-state index contributed by atoms with van der Waals surface area (Å²) < 4.78 is 43.4. The molecule has 0 bridgehead atoms. The summed E-state index contributed by atoms with van der Waals surface area (Å²) in [7, 11) is 0. The monoisotopic (exact) mass is 245 g/mol. The second-order valence-electron chi connectivity index (χ2n) is 4.06. The number of hydrogen-bond donors (Lipinski definition) is 1. The summed E-state index contributed by atoms with van der Waals surface area (Å²) in [4.78, 5) is 0. The van der Waals surface area contributed by atoms with Crippen LogP contribution in [0.15, 0.2) is 24.3 Å². The van der Waals surface area contributed by atoms with Gasteiger partial charge in [0.05, 0.1) is 18.3 Å². The van der Waals surface area contributed by atoms with Gasteiger partial charge in [0, 0.05) is 13.1 Å². The van der Waals surface area contributed by atoms with E-state index in [1.807, 2.05) is 0 Å². The largest absolute Gasteiger partial charge is 0.416 e. The van der Waals surface area contributed by atoms with Crippen molar-refractivity contribution in [2.24, 2.45) is 0 Å². The normalized spacial score (nSPS) is 16.9. The zero-order valence-electron chi connectivity index (χ0n) is 9.26. The highest BCUT2D eigenvalue weighted by Gasteiger charge is 2.32. The molecule has 1 aromatic rings. The van der Waals surface area contributed by atoms with Crippen molar-refractivity contribution < 1.29 is 17.9 Å². The predicted octanol–water partition coefficient (Wildman–Crippen LogP) is 2.24. The van der Waals surface area contributed by atoms with Crippen LogP contribution < -0.4 is 5.32 Å². The molecule has 0 saturated carbocycles. The van der Waals surface area contributed by atoms with Gasteiger partial charge in [0.15, 0.2) is 0 Å². The van der Waals surface area contributed by atoms with E-state index in [-0.39, 0.29) is 6.10 Å². The molecule has 5 heteroatoms. The summed E-state index contributed by atoms with van der Waals surface area (Å²) in [5.74, 6) is 0. The fourth-order valence-corrected chi connectivity index (χ4v) is 1.73. The van der Waals surface area contributed by atoms with Crippen molar-refractivity contribution in [1.29, 1.82) is 0 Å². The van der Waals surface area contributed by atoms with Crippen LogP contribution in [-0.2, 0) is 17.3 Å². The highest BCUT2D eigenvalue weighted by molar-refractivity contribution is 5.29. The molecule has 0 aliphatic carbocycles. The first-order valence-electron chi connectivity index (χ1n) is 5.55. The Balaban J connectivity index is 1.94. The third kappa shape index (κ3) is 3.20. The fourth-order valence-electron chi connectivity index (χ4n) is 1.73. The van der Waals surface area contributed by atoms with Gasteiger partial charge in [-0.3, -0.25) is 0 Å². The third-order valence-corrected chi connectivity index (χ3v) is 2.79. The van der Waals surface area contributed by atoms with Crippen LogP contribution in [0, 0.1) is 0 Å². The Labute approximate surface area is 97.8 Å². The molecule has 0 aromatic heterocycles. The first-order valence-corrected chi connectivity index (χ1v) is 5.55. The van der Waals surface area contributed by atoms with Gasteiger partial charge >= 0.3 is 6.18 Å². The van der Waals surface area contributed by atoms with E-state index in [0.29, 0.717) is 18.6 Å². The van der Waals surface area contributed by atoms with Crippen LogP contribution in [0.25, 0.3) is 0 Å². The van der Waals surface area contributed by atoms with Crippen molar-refractivity contribution in [3.05, 3.63) is 35.4 Å². The van der Waals surface area contributed by atoms with E-state index in [0.717, 1.165) is 19.2 Å². The van der Waals surface area contributed by atoms with Gasteiger partial charge in [0.1, 0.15) is 0 Å². The van der Waals surface area contributed by atoms with E-state index in [9.17, 15) is 13.2 Å². The maximum absolute atomic E-state index is 12.7. The third-order valence-electron chi connectivity index (χ3n) is 2.79. The second-order valence-corrected chi connectivity index (χ2v) is 4.06. The molecule has 2 rings (SSSR count). The van der Waals surface area contributed by atoms with Gasteiger partial charge in [-0.15, -0.1) is 0 Å². The molecule has 2 nitrogen and oxygen atoms in total. The van der Waals surface area contributed by atoms with Crippen LogP contribution in [0.4, 0.5) is 13.2 Å². The van der Waals surface area contributed by atoms with Gasteiger partial charge in [-0.25, -0.2) is 0 Å². The summed E-state index contributed by atoms with van der Waals surface area (Å²) in [6.07, 6.45) is -3.83. The molecule has 1 fully saturated rings. The van der Waals surface area contributed by atoms with Crippen LogP contribution in [0.5, 0.6) is 0 Å². The summed E-state index contributed by atoms with van der Waals surface area (Å²) in [6.45, 7) is 1.92. The number of ether oxygens (including phenoxy) is 1. The Morgan fingerprint density at radius 3 is 2.53 bits per heavy atom. The summed E-state index contributed by atoms with van der Waals surface area (Å²) in [5, 5.41) is 3.04. The number of benzene rings is 1. The van der Waals surface area contributed by atoms with E-state index in [4.69, 9.17) is 4.74 Å². The maximum atomic E-state index is 12.7. The molecule has 1 aliphatic heterocycles. The molecule has 1 saturated heterocycles. The number of hydrogen-bond acceptors (Lipinski definition) is 2. The molecule has 0 amide bonds. The molecule has 17 heavy (non-hydrogen) atoms. The van der Waals surface area contributed by atoms with Gasteiger partial charge in [-0.05, 0) is 18.1 Å². The number of nitrogens with one attached hydrogen (secondary N) is 1. The minimum absolute atomic E-state index is 0.160. The Hall–Kier alpha value is -1.07. The van der Waals surface area contributed by atoms with Gasteiger partial charge in [0.2, 0.25) is 0 Å². The minimum atomic E-state index is -4.28. The smallest absolute Gasteiger partial charge is 0.375 e. The number of rotatable bonds is 4. The van der Waals surface area contributed by atoms with Crippen LogP contribution in [0.3, 0.4) is 0 Å². The van der Waals surface area contributed by atoms with Gasteiger partial charge in [-0.2, -0.15) is 13.2 Å². The van der Waals surface area contributed by atoms with Crippen molar-refractivity contribution in [3.63, 3.8) is 0 Å². The fraction of sp³-hybridized carbons (Fsp3) is 0.500. The molecule has 0 radical (unpaired) electrons. The van der Waals surface area contributed by atoms with E-state index in [2.05, 4.69) is 5.32 Å². The molecule has 0 unspecified atom stereocenters. The van der Waals surface area contributed by atoms with Crippen molar-refractivity contribution in [2.45, 2.75) is 18.7 Å². The van der Waals surface area contributed by atoms with Gasteiger partial charge in [0.25, 0.3) is 0 Å².